The van der Waals surface area contributed by atoms with Gasteiger partial charge in [-0.2, -0.15) is 0 Å². The molecule has 0 saturated carbocycles. The first-order valence-corrected chi connectivity index (χ1v) is 5.35. The van der Waals surface area contributed by atoms with Gasteiger partial charge in [-0.25, -0.2) is 4.21 Å². The topological polar surface area (TPSA) is 77.8 Å². The van der Waals surface area contributed by atoms with Crippen molar-refractivity contribution in [1.82, 2.24) is 0 Å². The second kappa shape index (κ2) is 2.89. The molecule has 6 heteroatoms. The summed E-state index contributed by atoms with van der Waals surface area (Å²) in [7, 11) is -3.63. The van der Waals surface area contributed by atoms with Gasteiger partial charge in [0.1, 0.15) is 16.4 Å². The molecule has 0 amide bonds. The molecule has 1 aromatic carbocycles. The van der Waals surface area contributed by atoms with Crippen molar-refractivity contribution in [2.24, 2.45) is 0 Å². The lowest BCUT2D eigenvalue weighted by molar-refractivity contribution is 0.443. The average molecular weight is 206 g/mol. The van der Waals surface area contributed by atoms with Gasteiger partial charge in [0.05, 0.1) is 0 Å². The fourth-order valence-electron chi connectivity index (χ4n) is 0.709. The van der Waals surface area contributed by atoms with Gasteiger partial charge in [-0.3, -0.25) is 0 Å². The van der Waals surface area contributed by atoms with Gasteiger partial charge in [0.15, 0.2) is 8.77 Å². The van der Waals surface area contributed by atoms with Crippen LogP contribution < -0.4 is 0 Å². The Bertz CT molecular complexity index is 396. The Kier molecular flexibility index (Phi) is 2.22. The molecule has 3 N–H and O–H groups in total. The Morgan fingerprint density at radius 1 is 1.33 bits per heavy atom. The molecule has 0 bridgehead atoms. The van der Waals surface area contributed by atoms with Crippen LogP contribution in [0.1, 0.15) is 0 Å². The third kappa shape index (κ3) is 1.84. The summed E-state index contributed by atoms with van der Waals surface area (Å²) in [4.78, 5) is -0.336. The summed E-state index contributed by atoms with van der Waals surface area (Å²) >= 11 is 4.21. The maximum absolute atomic E-state index is 10.9. The fourth-order valence-corrected chi connectivity index (χ4v) is 1.71. The van der Waals surface area contributed by atoms with Gasteiger partial charge < -0.3 is 14.8 Å². The molecule has 0 spiro atoms. The first kappa shape index (κ1) is 9.24. The van der Waals surface area contributed by atoms with Crippen LogP contribution in [-0.4, -0.2) is 19.0 Å². The van der Waals surface area contributed by atoms with E-state index in [0.717, 1.165) is 12.1 Å². The Morgan fingerprint density at radius 3 is 2.33 bits per heavy atom. The number of benzene rings is 1. The summed E-state index contributed by atoms with van der Waals surface area (Å²) in [5.41, 5.74) is 0. The monoisotopic (exact) mass is 206 g/mol. The molecule has 1 atom stereocenters. The van der Waals surface area contributed by atoms with Crippen molar-refractivity contribution in [2.45, 2.75) is 4.90 Å². The lowest BCUT2D eigenvalue weighted by Gasteiger charge is -2.02. The smallest absolute Gasteiger partial charge is 0.174 e. The molecule has 1 rings (SSSR count). The molecule has 0 aromatic heterocycles. The molecular formula is C6H6O4S2. The minimum Gasteiger partial charge on any atom is -0.508 e. The van der Waals surface area contributed by atoms with E-state index in [4.69, 9.17) is 14.8 Å². The maximum atomic E-state index is 10.9. The van der Waals surface area contributed by atoms with Crippen LogP contribution in [0.25, 0.3) is 0 Å². The number of phenols is 2. The molecule has 0 aliphatic heterocycles. The van der Waals surface area contributed by atoms with E-state index in [1.54, 1.807) is 0 Å². The van der Waals surface area contributed by atoms with E-state index in [2.05, 4.69) is 11.2 Å². The third-order valence-electron chi connectivity index (χ3n) is 1.22. The van der Waals surface area contributed by atoms with E-state index in [-0.39, 0.29) is 10.6 Å². The van der Waals surface area contributed by atoms with Gasteiger partial charge >= 0.3 is 0 Å². The standard InChI is InChI=1S/C6H6O4S2/c7-4-1-2-5(8)6(3-4)12(9,10)11/h1-3,7-8H,(H,9,10,11). The lowest BCUT2D eigenvalue weighted by Crippen LogP contribution is -1.95. The van der Waals surface area contributed by atoms with Crippen molar-refractivity contribution in [1.29, 1.82) is 0 Å². The van der Waals surface area contributed by atoms with Crippen LogP contribution in [0, 0.1) is 0 Å². The molecule has 0 aliphatic carbocycles. The van der Waals surface area contributed by atoms with Crippen LogP contribution in [0.4, 0.5) is 0 Å². The normalized spacial score (nSPS) is 15.4. The van der Waals surface area contributed by atoms with Crippen molar-refractivity contribution in [3.63, 3.8) is 0 Å². The quantitative estimate of drug-likeness (QED) is 0.589. The van der Waals surface area contributed by atoms with Gasteiger partial charge in [0.2, 0.25) is 0 Å². The van der Waals surface area contributed by atoms with Crippen LogP contribution in [0.5, 0.6) is 11.5 Å². The van der Waals surface area contributed by atoms with E-state index in [1.165, 1.54) is 6.07 Å². The molecule has 0 fully saturated rings. The van der Waals surface area contributed by atoms with Gasteiger partial charge in [-0.1, -0.05) is 0 Å². The molecular weight excluding hydrogens is 200 g/mol. The van der Waals surface area contributed by atoms with E-state index < -0.39 is 14.5 Å². The Morgan fingerprint density at radius 2 is 1.92 bits per heavy atom. The average Bonchev–Trinajstić information content (AvgIpc) is 1.92. The van der Waals surface area contributed by atoms with E-state index >= 15 is 0 Å². The zero-order valence-electron chi connectivity index (χ0n) is 5.80. The number of hydrogen-bond donors (Lipinski definition) is 3. The highest BCUT2D eigenvalue weighted by Gasteiger charge is 2.11. The summed E-state index contributed by atoms with van der Waals surface area (Å²) < 4.78 is 19.7. The van der Waals surface area contributed by atoms with Crippen molar-refractivity contribution in [2.75, 3.05) is 0 Å². The second-order valence-electron chi connectivity index (χ2n) is 2.13. The number of phenolic OH excluding ortho intramolecular Hbond substituents is 2. The predicted molar refractivity (Wildman–Crippen MR) is 46.2 cm³/mol. The highest BCUT2D eigenvalue weighted by atomic mass is 32.8. The molecule has 1 unspecified atom stereocenters. The van der Waals surface area contributed by atoms with Crippen LogP contribution in [0.15, 0.2) is 23.1 Å². The zero-order chi connectivity index (χ0) is 9.35. The van der Waals surface area contributed by atoms with Gasteiger partial charge in [-0.05, 0) is 12.1 Å². The van der Waals surface area contributed by atoms with Crippen LogP contribution in [0.3, 0.4) is 0 Å². The van der Waals surface area contributed by atoms with Crippen molar-refractivity contribution in [3.8, 4) is 11.5 Å². The van der Waals surface area contributed by atoms with Gasteiger partial charge in [0, 0.05) is 17.3 Å². The molecule has 0 saturated heterocycles. The third-order valence-corrected chi connectivity index (χ3v) is 2.64. The van der Waals surface area contributed by atoms with Crippen molar-refractivity contribution >= 4 is 20.0 Å². The summed E-state index contributed by atoms with van der Waals surface area (Å²) in [6.07, 6.45) is 0. The number of rotatable bonds is 1. The molecule has 0 aliphatic rings. The van der Waals surface area contributed by atoms with Crippen molar-refractivity contribution in [3.05, 3.63) is 18.2 Å². The van der Waals surface area contributed by atoms with Gasteiger partial charge in [-0.15, -0.1) is 0 Å². The van der Waals surface area contributed by atoms with E-state index in [1.807, 2.05) is 0 Å². The Labute approximate surface area is 74.0 Å². The minimum absolute atomic E-state index is 0.213. The first-order chi connectivity index (χ1) is 5.41. The fraction of sp³-hybridized carbons (Fsp3) is 0. The highest BCUT2D eigenvalue weighted by Crippen LogP contribution is 2.26. The first-order valence-electron chi connectivity index (χ1n) is 2.91. The van der Waals surface area contributed by atoms with E-state index in [9.17, 15) is 4.21 Å². The predicted octanol–water partition coefficient (Wildman–Crippen LogP) is 0.676. The highest BCUT2D eigenvalue weighted by molar-refractivity contribution is 8.29. The Balaban J connectivity index is 3.43. The second-order valence-corrected chi connectivity index (χ2v) is 4.87. The molecule has 4 nitrogen and oxygen atoms in total. The van der Waals surface area contributed by atoms with E-state index in [0.29, 0.717) is 0 Å². The number of hydrogen-bond acceptors (Lipinski definition) is 4. The Hall–Kier alpha value is -0.850. The van der Waals surface area contributed by atoms with Crippen LogP contribution in [0.2, 0.25) is 0 Å². The van der Waals surface area contributed by atoms with Crippen LogP contribution in [-0.2, 0) is 20.0 Å². The molecule has 0 heterocycles. The minimum atomic E-state index is -3.63. The molecule has 1 aromatic rings. The molecule has 12 heavy (non-hydrogen) atoms. The SMILES string of the molecule is O=S(O)(=S)c1cc(O)ccc1O. The summed E-state index contributed by atoms with van der Waals surface area (Å²) in [6, 6.07) is 3.26. The summed E-state index contributed by atoms with van der Waals surface area (Å²) in [5.74, 6) is -0.607. The van der Waals surface area contributed by atoms with Gasteiger partial charge in [0.25, 0.3) is 0 Å². The number of aromatic hydroxyl groups is 2. The lowest BCUT2D eigenvalue weighted by atomic mass is 10.3. The summed E-state index contributed by atoms with van der Waals surface area (Å²) in [5, 5.41) is 18.0. The summed E-state index contributed by atoms with van der Waals surface area (Å²) in [6.45, 7) is 0. The molecule has 0 radical (unpaired) electrons. The van der Waals surface area contributed by atoms with Crippen molar-refractivity contribution < 1.29 is 19.0 Å². The van der Waals surface area contributed by atoms with Crippen LogP contribution >= 0.6 is 0 Å². The maximum Gasteiger partial charge on any atom is 0.174 e. The molecule has 66 valence electrons. The zero-order valence-corrected chi connectivity index (χ0v) is 7.43. The largest absolute Gasteiger partial charge is 0.508 e.